The molecule has 1 atom stereocenters. The summed E-state index contributed by atoms with van der Waals surface area (Å²) in [6.07, 6.45) is 3.38. The topological polar surface area (TPSA) is 57.9 Å². The zero-order chi connectivity index (χ0) is 10.2. The first-order chi connectivity index (χ1) is 6.88. The van der Waals surface area contributed by atoms with Crippen LogP contribution in [0.15, 0.2) is 24.5 Å². The highest BCUT2D eigenvalue weighted by Gasteiger charge is 2.08. The van der Waals surface area contributed by atoms with Crippen molar-refractivity contribution in [1.82, 2.24) is 10.3 Å². The van der Waals surface area contributed by atoms with Gasteiger partial charge in [-0.25, -0.2) is 0 Å². The van der Waals surface area contributed by atoms with Crippen LogP contribution in [0.2, 0.25) is 0 Å². The van der Waals surface area contributed by atoms with Crippen LogP contribution in [0.3, 0.4) is 0 Å². The minimum Gasteiger partial charge on any atom is -0.383 e. The second-order valence-corrected chi connectivity index (χ2v) is 2.80. The number of methoxy groups -OCH3 is 1. The molecule has 1 rings (SSSR count). The van der Waals surface area contributed by atoms with Gasteiger partial charge in [0.25, 0.3) is 0 Å². The maximum Gasteiger partial charge on any atom is 0.122 e. The van der Waals surface area contributed by atoms with Crippen molar-refractivity contribution in [2.75, 3.05) is 20.3 Å². The molecule has 4 heteroatoms. The summed E-state index contributed by atoms with van der Waals surface area (Å²) in [5.41, 5.74) is 0.881. The Kier molecular flexibility index (Phi) is 4.62. The molecule has 0 saturated carbocycles. The van der Waals surface area contributed by atoms with Gasteiger partial charge in [-0.1, -0.05) is 6.07 Å². The fourth-order valence-corrected chi connectivity index (χ4v) is 1.09. The fraction of sp³-hybridized carbons (Fsp3) is 0.400. The summed E-state index contributed by atoms with van der Waals surface area (Å²) in [5, 5.41) is 12.0. The summed E-state index contributed by atoms with van der Waals surface area (Å²) < 4.78 is 4.89. The van der Waals surface area contributed by atoms with Crippen molar-refractivity contribution in [3.8, 4) is 6.07 Å². The van der Waals surface area contributed by atoms with Crippen molar-refractivity contribution in [2.45, 2.75) is 6.04 Å². The van der Waals surface area contributed by atoms with E-state index in [4.69, 9.17) is 10.00 Å². The van der Waals surface area contributed by atoms with Crippen LogP contribution in [0.5, 0.6) is 0 Å². The molecule has 0 fully saturated rings. The minimum absolute atomic E-state index is 0.307. The molecule has 0 spiro atoms. The summed E-state index contributed by atoms with van der Waals surface area (Å²) in [6, 6.07) is 5.56. The van der Waals surface area contributed by atoms with Crippen LogP contribution < -0.4 is 5.32 Å². The van der Waals surface area contributed by atoms with Crippen LogP contribution in [0.25, 0.3) is 0 Å². The quantitative estimate of drug-likeness (QED) is 0.702. The molecule has 1 N–H and O–H groups in total. The lowest BCUT2D eigenvalue weighted by atomic mass is 10.1. The maximum absolute atomic E-state index is 8.90. The van der Waals surface area contributed by atoms with Gasteiger partial charge in [-0.3, -0.25) is 10.3 Å². The van der Waals surface area contributed by atoms with Crippen molar-refractivity contribution in [3.05, 3.63) is 30.1 Å². The molecule has 0 aromatic carbocycles. The number of ether oxygens (including phenoxy) is 1. The Bertz CT molecular complexity index is 294. The summed E-state index contributed by atoms with van der Waals surface area (Å²) in [4.78, 5) is 3.96. The van der Waals surface area contributed by atoms with Crippen molar-refractivity contribution >= 4 is 0 Å². The number of nitriles is 1. The van der Waals surface area contributed by atoms with Gasteiger partial charge >= 0.3 is 0 Å². The third kappa shape index (κ3) is 3.13. The molecule has 1 aromatic heterocycles. The van der Waals surface area contributed by atoms with Gasteiger partial charge in [-0.05, 0) is 6.07 Å². The van der Waals surface area contributed by atoms with Crippen molar-refractivity contribution in [3.63, 3.8) is 0 Å². The highest BCUT2D eigenvalue weighted by Crippen LogP contribution is 2.08. The molecule has 0 radical (unpaired) electrons. The number of pyridine rings is 1. The zero-order valence-electron chi connectivity index (χ0n) is 8.10. The molecule has 1 unspecified atom stereocenters. The number of rotatable bonds is 5. The van der Waals surface area contributed by atoms with Gasteiger partial charge in [0.15, 0.2) is 0 Å². The average Bonchev–Trinajstić information content (AvgIpc) is 2.26. The average molecular weight is 191 g/mol. The van der Waals surface area contributed by atoms with E-state index in [-0.39, 0.29) is 6.04 Å². The molecule has 0 bridgehead atoms. The van der Waals surface area contributed by atoms with Gasteiger partial charge in [-0.2, -0.15) is 5.26 Å². The van der Waals surface area contributed by atoms with Gasteiger partial charge in [0.05, 0.1) is 12.7 Å². The molecule has 14 heavy (non-hydrogen) atoms. The van der Waals surface area contributed by atoms with Gasteiger partial charge in [0, 0.05) is 31.6 Å². The normalized spacial score (nSPS) is 12.0. The molecular weight excluding hydrogens is 178 g/mol. The Morgan fingerprint density at radius 1 is 1.71 bits per heavy atom. The van der Waals surface area contributed by atoms with Gasteiger partial charge in [-0.15, -0.1) is 0 Å². The van der Waals surface area contributed by atoms with E-state index in [1.54, 1.807) is 19.5 Å². The Hall–Kier alpha value is -1.44. The molecule has 1 aromatic rings. The number of nitrogens with one attached hydrogen (secondary N) is 1. The monoisotopic (exact) mass is 191 g/mol. The van der Waals surface area contributed by atoms with Crippen molar-refractivity contribution in [1.29, 1.82) is 5.26 Å². The molecule has 0 amide bonds. The first-order valence-electron chi connectivity index (χ1n) is 4.40. The standard InChI is InChI=1S/C10H13N3O/c1-14-6-5-13-10(7-11)9-3-2-4-12-8-9/h2-4,8,10,13H,5-6H2,1H3. The van der Waals surface area contributed by atoms with Gasteiger partial charge in [0.1, 0.15) is 6.04 Å². The smallest absolute Gasteiger partial charge is 0.122 e. The predicted molar refractivity (Wildman–Crippen MR) is 52.5 cm³/mol. The second-order valence-electron chi connectivity index (χ2n) is 2.80. The van der Waals surface area contributed by atoms with Crippen molar-refractivity contribution < 1.29 is 4.74 Å². The summed E-state index contributed by atoms with van der Waals surface area (Å²) in [6.45, 7) is 1.25. The first-order valence-corrected chi connectivity index (χ1v) is 4.40. The predicted octanol–water partition coefficient (Wildman–Crippen LogP) is 0.882. The van der Waals surface area contributed by atoms with E-state index in [0.29, 0.717) is 13.2 Å². The molecule has 1 heterocycles. The Balaban J connectivity index is 2.52. The van der Waals surface area contributed by atoms with E-state index < -0.39 is 0 Å². The van der Waals surface area contributed by atoms with Crippen LogP contribution in [-0.4, -0.2) is 25.2 Å². The van der Waals surface area contributed by atoms with E-state index in [1.807, 2.05) is 12.1 Å². The lowest BCUT2D eigenvalue weighted by Gasteiger charge is -2.10. The zero-order valence-corrected chi connectivity index (χ0v) is 8.10. The third-order valence-corrected chi connectivity index (χ3v) is 1.80. The molecule has 4 nitrogen and oxygen atoms in total. The Morgan fingerprint density at radius 2 is 2.57 bits per heavy atom. The highest BCUT2D eigenvalue weighted by atomic mass is 16.5. The van der Waals surface area contributed by atoms with Gasteiger partial charge in [0.2, 0.25) is 0 Å². The molecular formula is C10H13N3O. The van der Waals surface area contributed by atoms with Crippen LogP contribution >= 0.6 is 0 Å². The van der Waals surface area contributed by atoms with Crippen LogP contribution in [0, 0.1) is 11.3 Å². The minimum atomic E-state index is -0.307. The molecule has 74 valence electrons. The maximum atomic E-state index is 8.90. The first kappa shape index (κ1) is 10.6. The number of aromatic nitrogens is 1. The number of nitrogens with zero attached hydrogens (tertiary/aromatic N) is 2. The van der Waals surface area contributed by atoms with E-state index >= 15 is 0 Å². The fourth-order valence-electron chi connectivity index (χ4n) is 1.09. The van der Waals surface area contributed by atoms with Crippen LogP contribution in [-0.2, 0) is 4.74 Å². The van der Waals surface area contributed by atoms with Gasteiger partial charge < -0.3 is 4.74 Å². The van der Waals surface area contributed by atoms with Crippen LogP contribution in [0.1, 0.15) is 11.6 Å². The van der Waals surface area contributed by atoms with E-state index in [0.717, 1.165) is 5.56 Å². The molecule has 0 aliphatic heterocycles. The second kappa shape index (κ2) is 6.08. The SMILES string of the molecule is COCCNC(C#N)c1cccnc1. The largest absolute Gasteiger partial charge is 0.383 e. The molecule has 0 saturated heterocycles. The van der Waals surface area contributed by atoms with E-state index in [1.165, 1.54) is 0 Å². The summed E-state index contributed by atoms with van der Waals surface area (Å²) in [5.74, 6) is 0. The number of hydrogen-bond donors (Lipinski definition) is 1. The summed E-state index contributed by atoms with van der Waals surface area (Å²) >= 11 is 0. The Morgan fingerprint density at radius 3 is 3.14 bits per heavy atom. The third-order valence-electron chi connectivity index (χ3n) is 1.80. The number of hydrogen-bond acceptors (Lipinski definition) is 4. The van der Waals surface area contributed by atoms with Crippen molar-refractivity contribution in [2.24, 2.45) is 0 Å². The van der Waals surface area contributed by atoms with E-state index in [9.17, 15) is 0 Å². The van der Waals surface area contributed by atoms with E-state index in [2.05, 4.69) is 16.4 Å². The highest BCUT2D eigenvalue weighted by molar-refractivity contribution is 5.19. The lowest BCUT2D eigenvalue weighted by molar-refractivity contribution is 0.198. The summed E-state index contributed by atoms with van der Waals surface area (Å²) in [7, 11) is 1.63. The lowest BCUT2D eigenvalue weighted by Crippen LogP contribution is -2.23. The van der Waals surface area contributed by atoms with Crippen LogP contribution in [0.4, 0.5) is 0 Å². The molecule has 0 aliphatic rings. The molecule has 0 aliphatic carbocycles. The Labute approximate surface area is 83.5 Å².